The Bertz CT molecular complexity index is 781. The lowest BCUT2D eigenvalue weighted by Gasteiger charge is -2.31. The first-order chi connectivity index (χ1) is 11.4. The normalized spacial score (nSPS) is 11.9. The van der Waals surface area contributed by atoms with Gasteiger partial charge in [-0.15, -0.1) is 11.3 Å². The Morgan fingerprint density at radius 2 is 2.00 bits per heavy atom. The summed E-state index contributed by atoms with van der Waals surface area (Å²) in [6.07, 6.45) is 2.27. The van der Waals surface area contributed by atoms with Crippen LogP contribution in [0.3, 0.4) is 0 Å². The van der Waals surface area contributed by atoms with E-state index in [4.69, 9.17) is 5.73 Å². The van der Waals surface area contributed by atoms with Gasteiger partial charge in [-0.3, -0.25) is 9.59 Å². The van der Waals surface area contributed by atoms with Gasteiger partial charge in [0, 0.05) is 24.3 Å². The largest absolute Gasteiger partial charge is 0.349 e. The molecule has 0 fully saturated rings. The third kappa shape index (κ3) is 3.67. The van der Waals surface area contributed by atoms with Crippen LogP contribution < -0.4 is 16.6 Å². The third-order valence-corrected chi connectivity index (χ3v) is 5.93. The molecule has 0 aliphatic carbocycles. The SMILES string of the molecule is CCC(CC)(CN)NC(=O)CCc1nc2sc(C)c(C)c2c(=O)[nH]1. The van der Waals surface area contributed by atoms with Crippen LogP contribution in [0.2, 0.25) is 0 Å². The number of aryl methyl sites for hydroxylation is 3. The molecule has 4 N–H and O–H groups in total. The quantitative estimate of drug-likeness (QED) is 0.712. The van der Waals surface area contributed by atoms with E-state index in [2.05, 4.69) is 15.3 Å². The molecule has 6 nitrogen and oxygen atoms in total. The van der Waals surface area contributed by atoms with Gasteiger partial charge in [0.15, 0.2) is 0 Å². The third-order valence-electron chi connectivity index (χ3n) is 4.83. The van der Waals surface area contributed by atoms with Gasteiger partial charge in [-0.1, -0.05) is 13.8 Å². The van der Waals surface area contributed by atoms with Gasteiger partial charge in [-0.2, -0.15) is 0 Å². The van der Waals surface area contributed by atoms with Crippen LogP contribution >= 0.6 is 11.3 Å². The molecule has 132 valence electrons. The molecule has 0 saturated carbocycles. The number of aromatic nitrogens is 2. The molecule has 7 heteroatoms. The van der Waals surface area contributed by atoms with Crippen molar-refractivity contribution in [3.8, 4) is 0 Å². The van der Waals surface area contributed by atoms with Crippen molar-refractivity contribution in [1.29, 1.82) is 0 Å². The Morgan fingerprint density at radius 3 is 2.58 bits per heavy atom. The predicted molar refractivity (Wildman–Crippen MR) is 98.5 cm³/mol. The highest BCUT2D eigenvalue weighted by Crippen LogP contribution is 2.25. The van der Waals surface area contributed by atoms with E-state index >= 15 is 0 Å². The minimum atomic E-state index is -0.343. The minimum Gasteiger partial charge on any atom is -0.349 e. The molecule has 0 atom stereocenters. The van der Waals surface area contributed by atoms with Gasteiger partial charge in [-0.25, -0.2) is 4.98 Å². The average molecular weight is 350 g/mol. The highest BCUT2D eigenvalue weighted by atomic mass is 32.1. The summed E-state index contributed by atoms with van der Waals surface area (Å²) >= 11 is 1.51. The summed E-state index contributed by atoms with van der Waals surface area (Å²) in [6, 6.07) is 0. The highest BCUT2D eigenvalue weighted by Gasteiger charge is 2.26. The predicted octanol–water partition coefficient (Wildman–Crippen LogP) is 2.17. The maximum atomic E-state index is 12.2. The van der Waals surface area contributed by atoms with Crippen LogP contribution in [0.1, 0.15) is 49.4 Å². The van der Waals surface area contributed by atoms with Crippen LogP contribution in [0, 0.1) is 13.8 Å². The Balaban J connectivity index is 2.11. The lowest BCUT2D eigenvalue weighted by Crippen LogP contribution is -2.52. The lowest BCUT2D eigenvalue weighted by molar-refractivity contribution is -0.123. The van der Waals surface area contributed by atoms with E-state index in [1.165, 1.54) is 11.3 Å². The smallest absolute Gasteiger partial charge is 0.259 e. The number of fused-ring (bicyclic) bond motifs is 1. The Morgan fingerprint density at radius 1 is 1.33 bits per heavy atom. The molecule has 0 radical (unpaired) electrons. The number of rotatable bonds is 7. The van der Waals surface area contributed by atoms with E-state index in [9.17, 15) is 9.59 Å². The molecule has 0 aliphatic heterocycles. The van der Waals surface area contributed by atoms with Crippen molar-refractivity contribution in [1.82, 2.24) is 15.3 Å². The first kappa shape index (κ1) is 18.6. The maximum Gasteiger partial charge on any atom is 0.259 e. The van der Waals surface area contributed by atoms with E-state index < -0.39 is 0 Å². The molecule has 0 saturated heterocycles. The van der Waals surface area contributed by atoms with E-state index in [-0.39, 0.29) is 23.4 Å². The Kier molecular flexibility index (Phi) is 5.77. The van der Waals surface area contributed by atoms with Crippen LogP contribution in [-0.4, -0.2) is 28.0 Å². The number of thiophene rings is 1. The molecule has 0 spiro atoms. The molecule has 2 heterocycles. The molecule has 1 amide bonds. The van der Waals surface area contributed by atoms with Crippen LogP contribution in [0.4, 0.5) is 0 Å². The minimum absolute atomic E-state index is 0.0644. The second kappa shape index (κ2) is 7.44. The van der Waals surface area contributed by atoms with Gasteiger partial charge in [0.2, 0.25) is 5.91 Å². The van der Waals surface area contributed by atoms with Gasteiger partial charge < -0.3 is 16.0 Å². The maximum absolute atomic E-state index is 12.2. The number of aromatic amines is 1. The van der Waals surface area contributed by atoms with E-state index in [1.54, 1.807) is 0 Å². The zero-order valence-corrected chi connectivity index (χ0v) is 15.6. The zero-order valence-electron chi connectivity index (χ0n) is 14.8. The number of nitrogens with two attached hydrogens (primary N) is 1. The van der Waals surface area contributed by atoms with E-state index in [1.807, 2.05) is 27.7 Å². The number of nitrogens with zero attached hydrogens (tertiary/aromatic N) is 1. The summed E-state index contributed by atoms with van der Waals surface area (Å²) in [5.74, 6) is 0.487. The topological polar surface area (TPSA) is 101 Å². The van der Waals surface area contributed by atoms with Crippen molar-refractivity contribution in [2.24, 2.45) is 5.73 Å². The van der Waals surface area contributed by atoms with Gasteiger partial charge in [-0.05, 0) is 32.3 Å². The molecular formula is C17H26N4O2S. The van der Waals surface area contributed by atoms with Crippen LogP contribution in [0.5, 0.6) is 0 Å². The number of amides is 1. The number of carbonyl (C=O) groups is 1. The van der Waals surface area contributed by atoms with Crippen LogP contribution in [-0.2, 0) is 11.2 Å². The molecule has 2 rings (SSSR count). The highest BCUT2D eigenvalue weighted by molar-refractivity contribution is 7.18. The van der Waals surface area contributed by atoms with Crippen molar-refractivity contribution in [2.45, 2.75) is 58.9 Å². The summed E-state index contributed by atoms with van der Waals surface area (Å²) in [4.78, 5) is 33.6. The van der Waals surface area contributed by atoms with Gasteiger partial charge >= 0.3 is 0 Å². The summed E-state index contributed by atoms with van der Waals surface area (Å²) in [7, 11) is 0. The van der Waals surface area contributed by atoms with Gasteiger partial charge in [0.05, 0.1) is 10.9 Å². The lowest BCUT2D eigenvalue weighted by atomic mass is 9.92. The van der Waals surface area contributed by atoms with Crippen molar-refractivity contribution in [3.63, 3.8) is 0 Å². The number of hydrogen-bond acceptors (Lipinski definition) is 5. The van der Waals surface area contributed by atoms with Crippen molar-refractivity contribution in [2.75, 3.05) is 6.54 Å². The van der Waals surface area contributed by atoms with Crippen molar-refractivity contribution < 1.29 is 4.79 Å². The summed E-state index contributed by atoms with van der Waals surface area (Å²) in [5.41, 5.74) is 6.32. The van der Waals surface area contributed by atoms with Crippen molar-refractivity contribution >= 4 is 27.5 Å². The van der Waals surface area contributed by atoms with E-state index in [0.717, 1.165) is 28.1 Å². The average Bonchev–Trinajstić information content (AvgIpc) is 2.85. The Labute approximate surface area is 145 Å². The molecule has 0 bridgehead atoms. The number of carbonyl (C=O) groups excluding carboxylic acids is 1. The summed E-state index contributed by atoms with van der Waals surface area (Å²) in [5, 5.41) is 3.69. The fourth-order valence-electron chi connectivity index (χ4n) is 2.77. The molecule has 2 aromatic rings. The second-order valence-corrected chi connectivity index (χ2v) is 7.42. The molecule has 24 heavy (non-hydrogen) atoms. The first-order valence-corrected chi connectivity index (χ1v) is 9.17. The fraction of sp³-hybridized carbons (Fsp3) is 0.588. The molecule has 0 unspecified atom stereocenters. The number of H-pyrrole nitrogens is 1. The van der Waals surface area contributed by atoms with Crippen molar-refractivity contribution in [3.05, 3.63) is 26.6 Å². The zero-order chi connectivity index (χ0) is 17.9. The van der Waals surface area contributed by atoms with Crippen LogP contribution in [0.25, 0.3) is 10.2 Å². The number of hydrogen-bond donors (Lipinski definition) is 3. The Hall–Kier alpha value is -1.73. The van der Waals surface area contributed by atoms with Crippen LogP contribution in [0.15, 0.2) is 4.79 Å². The second-order valence-electron chi connectivity index (χ2n) is 6.22. The molecule has 0 aromatic carbocycles. The summed E-state index contributed by atoms with van der Waals surface area (Å²) < 4.78 is 0. The monoisotopic (exact) mass is 350 g/mol. The standard InChI is InChI=1S/C17H26N4O2S/c1-5-17(6-2,9-18)21-13(22)8-7-12-19-15(23)14-10(3)11(4)24-16(14)20-12/h5-9,18H2,1-4H3,(H,21,22)(H,19,20,23). The molecule has 2 aromatic heterocycles. The fourth-order valence-corrected chi connectivity index (χ4v) is 3.82. The first-order valence-electron chi connectivity index (χ1n) is 8.35. The summed E-state index contributed by atoms with van der Waals surface area (Å²) in [6.45, 7) is 8.37. The number of nitrogens with one attached hydrogen (secondary N) is 2. The van der Waals surface area contributed by atoms with Gasteiger partial charge in [0.25, 0.3) is 5.56 Å². The van der Waals surface area contributed by atoms with Gasteiger partial charge in [0.1, 0.15) is 10.7 Å². The van der Waals surface area contributed by atoms with E-state index in [0.29, 0.717) is 24.2 Å². The molecular weight excluding hydrogens is 324 g/mol. The molecule has 0 aliphatic rings.